The summed E-state index contributed by atoms with van der Waals surface area (Å²) in [7, 11) is 2.68. The van der Waals surface area contributed by atoms with E-state index in [1.165, 1.54) is 38.5 Å². The maximum Gasteiger partial charge on any atom is 0.337 e. The Kier molecular flexibility index (Phi) is 12.2. The number of hydrogen-bond donors (Lipinski definition) is 1. The van der Waals surface area contributed by atoms with Crippen molar-refractivity contribution in [2.75, 3.05) is 50.7 Å². The number of nitrogens with zero attached hydrogens (tertiary/aromatic N) is 2. The van der Waals surface area contributed by atoms with Crippen LogP contribution < -0.4 is 10.2 Å². The van der Waals surface area contributed by atoms with Crippen LogP contribution in [0, 0.1) is 11.6 Å². The van der Waals surface area contributed by atoms with E-state index in [0.717, 1.165) is 16.8 Å². The lowest BCUT2D eigenvalue weighted by atomic mass is 10.1. The molecule has 0 aliphatic carbocycles. The molecular weight excluding hydrogens is 596 g/mol. The van der Waals surface area contributed by atoms with Gasteiger partial charge in [0.1, 0.15) is 11.6 Å². The van der Waals surface area contributed by atoms with E-state index in [2.05, 4.69) is 10.1 Å². The number of anilines is 2. The van der Waals surface area contributed by atoms with Crippen LogP contribution in [0.2, 0.25) is 0 Å². The van der Waals surface area contributed by atoms with Crippen LogP contribution in [0.15, 0.2) is 97.1 Å². The summed E-state index contributed by atoms with van der Waals surface area (Å²) in [6, 6.07) is 25.8. The Morgan fingerprint density at radius 1 is 0.717 bits per heavy atom. The summed E-state index contributed by atoms with van der Waals surface area (Å²) in [6.07, 6.45) is 0. The second kappa shape index (κ2) is 16.7. The summed E-state index contributed by atoms with van der Waals surface area (Å²) in [6.45, 7) is 2.92. The molecular formula is C35H35F2N3O6. The molecule has 1 aliphatic rings. The van der Waals surface area contributed by atoms with E-state index in [0.29, 0.717) is 56.2 Å². The lowest BCUT2D eigenvalue weighted by Gasteiger charge is -2.33. The number of ether oxygens (including phenoxy) is 3. The average molecular weight is 632 g/mol. The monoisotopic (exact) mass is 631 g/mol. The lowest BCUT2D eigenvalue weighted by Crippen LogP contribution is -2.48. The second-order valence-corrected chi connectivity index (χ2v) is 10.2. The number of methoxy groups -OCH3 is 2. The number of rotatable bonds is 8. The number of benzene rings is 4. The highest BCUT2D eigenvalue weighted by Crippen LogP contribution is 2.21. The third-order valence-electron chi connectivity index (χ3n) is 7.08. The van der Waals surface area contributed by atoms with Crippen molar-refractivity contribution in [1.29, 1.82) is 0 Å². The lowest BCUT2D eigenvalue weighted by molar-refractivity contribution is 0.0548. The van der Waals surface area contributed by atoms with E-state index >= 15 is 0 Å². The van der Waals surface area contributed by atoms with Crippen molar-refractivity contribution >= 4 is 29.3 Å². The SMILES string of the molecule is COC(=O)c1ccc(CN(C(=O)N2CCOCC2)c2ccc(F)cc2)cc1.COC(=O)c1ccc(CNc2ccc(F)cc2)cc1. The van der Waals surface area contributed by atoms with Gasteiger partial charge in [-0.3, -0.25) is 4.90 Å². The van der Waals surface area contributed by atoms with Crippen molar-refractivity contribution in [2.24, 2.45) is 0 Å². The predicted molar refractivity (Wildman–Crippen MR) is 170 cm³/mol. The summed E-state index contributed by atoms with van der Waals surface area (Å²) in [5.41, 5.74) is 4.27. The van der Waals surface area contributed by atoms with Gasteiger partial charge in [0.2, 0.25) is 0 Å². The van der Waals surface area contributed by atoms with E-state index < -0.39 is 5.97 Å². The second-order valence-electron chi connectivity index (χ2n) is 10.2. The maximum absolute atomic E-state index is 13.3. The summed E-state index contributed by atoms with van der Waals surface area (Å²) < 4.78 is 40.7. The molecule has 1 fully saturated rings. The molecule has 1 aliphatic heterocycles. The average Bonchev–Trinajstić information content (AvgIpc) is 3.11. The molecule has 46 heavy (non-hydrogen) atoms. The Labute approximate surface area is 266 Å². The number of amides is 2. The molecule has 240 valence electrons. The van der Waals surface area contributed by atoms with Gasteiger partial charge in [0.25, 0.3) is 0 Å². The van der Waals surface area contributed by atoms with Gasteiger partial charge in [-0.1, -0.05) is 24.3 Å². The van der Waals surface area contributed by atoms with Crippen LogP contribution in [0.1, 0.15) is 31.8 Å². The zero-order chi connectivity index (χ0) is 32.9. The summed E-state index contributed by atoms with van der Waals surface area (Å²) in [4.78, 5) is 39.2. The summed E-state index contributed by atoms with van der Waals surface area (Å²) in [5, 5.41) is 3.17. The molecule has 0 saturated carbocycles. The quantitative estimate of drug-likeness (QED) is 0.228. The molecule has 0 atom stereocenters. The largest absolute Gasteiger partial charge is 0.465 e. The number of carbonyl (C=O) groups is 3. The van der Waals surface area contributed by atoms with Gasteiger partial charge >= 0.3 is 18.0 Å². The smallest absolute Gasteiger partial charge is 0.337 e. The molecule has 0 aromatic heterocycles. The van der Waals surface area contributed by atoms with E-state index in [1.54, 1.807) is 70.5 Å². The van der Waals surface area contributed by atoms with Crippen molar-refractivity contribution in [3.63, 3.8) is 0 Å². The Morgan fingerprint density at radius 2 is 1.20 bits per heavy atom. The van der Waals surface area contributed by atoms with Crippen LogP contribution in [0.4, 0.5) is 25.0 Å². The van der Waals surface area contributed by atoms with Crippen LogP contribution in [-0.4, -0.2) is 63.4 Å². The fourth-order valence-electron chi connectivity index (χ4n) is 4.51. The molecule has 5 rings (SSSR count). The molecule has 9 nitrogen and oxygen atoms in total. The van der Waals surface area contributed by atoms with Gasteiger partial charge in [-0.25, -0.2) is 23.2 Å². The van der Waals surface area contributed by atoms with Crippen LogP contribution in [-0.2, 0) is 27.3 Å². The van der Waals surface area contributed by atoms with E-state index in [4.69, 9.17) is 9.47 Å². The minimum atomic E-state index is -0.415. The molecule has 11 heteroatoms. The van der Waals surface area contributed by atoms with Gasteiger partial charge in [0.15, 0.2) is 0 Å². The molecule has 4 aromatic rings. The Balaban J connectivity index is 0.000000222. The first-order chi connectivity index (χ1) is 22.3. The predicted octanol–water partition coefficient (Wildman–Crippen LogP) is 6.30. The number of urea groups is 1. The number of esters is 2. The molecule has 4 aromatic carbocycles. The number of nitrogens with one attached hydrogen (secondary N) is 1. The van der Waals surface area contributed by atoms with Gasteiger partial charge in [-0.05, 0) is 83.9 Å². The zero-order valence-corrected chi connectivity index (χ0v) is 25.6. The first kappa shape index (κ1) is 33.6. The molecule has 1 saturated heterocycles. The highest BCUT2D eigenvalue weighted by molar-refractivity contribution is 5.92. The first-order valence-electron chi connectivity index (χ1n) is 14.5. The third kappa shape index (κ3) is 9.60. The van der Waals surface area contributed by atoms with Crippen molar-refractivity contribution in [3.05, 3.63) is 131 Å². The number of carbonyl (C=O) groups excluding carboxylic acids is 3. The Hall–Kier alpha value is -5.29. The van der Waals surface area contributed by atoms with Crippen LogP contribution in [0.5, 0.6) is 0 Å². The topological polar surface area (TPSA) is 97.4 Å². The van der Waals surface area contributed by atoms with Gasteiger partial charge < -0.3 is 24.4 Å². The number of morpholine rings is 1. The van der Waals surface area contributed by atoms with Gasteiger partial charge in [-0.2, -0.15) is 0 Å². The van der Waals surface area contributed by atoms with Crippen molar-refractivity contribution in [1.82, 2.24) is 4.90 Å². The van der Waals surface area contributed by atoms with E-state index in [1.807, 2.05) is 12.1 Å². The fourth-order valence-corrected chi connectivity index (χ4v) is 4.51. The van der Waals surface area contributed by atoms with Crippen molar-refractivity contribution in [2.45, 2.75) is 13.1 Å². The highest BCUT2D eigenvalue weighted by Gasteiger charge is 2.24. The normalized spacial score (nSPS) is 12.3. The standard InChI is InChI=1S/C20H21FN2O4.C15H14FNO2/c1-26-19(24)16-4-2-15(3-5-16)14-23(18-8-6-17(21)7-9-18)20(25)22-10-12-27-13-11-22;1-19-15(18)12-4-2-11(3-5-12)10-17-14-8-6-13(16)7-9-14/h2-9H,10-14H2,1H3;2-9,17H,10H2,1H3. The molecule has 0 spiro atoms. The van der Waals surface area contributed by atoms with Crippen LogP contribution in [0.25, 0.3) is 0 Å². The van der Waals surface area contributed by atoms with Crippen LogP contribution >= 0.6 is 0 Å². The van der Waals surface area contributed by atoms with Crippen molar-refractivity contribution in [3.8, 4) is 0 Å². The van der Waals surface area contributed by atoms with Gasteiger partial charge in [0, 0.05) is 31.0 Å². The molecule has 1 heterocycles. The van der Waals surface area contributed by atoms with Crippen LogP contribution in [0.3, 0.4) is 0 Å². The highest BCUT2D eigenvalue weighted by atomic mass is 19.1. The maximum atomic E-state index is 13.3. The van der Waals surface area contributed by atoms with E-state index in [9.17, 15) is 23.2 Å². The van der Waals surface area contributed by atoms with Gasteiger partial charge in [0.05, 0.1) is 45.1 Å². The number of hydrogen-bond acceptors (Lipinski definition) is 7. The fraction of sp³-hybridized carbons (Fsp3) is 0.229. The Bertz CT molecular complexity index is 1580. The molecule has 0 unspecified atom stereocenters. The minimum Gasteiger partial charge on any atom is -0.465 e. The Morgan fingerprint density at radius 3 is 1.70 bits per heavy atom. The summed E-state index contributed by atoms with van der Waals surface area (Å²) in [5.74, 6) is -1.38. The summed E-state index contributed by atoms with van der Waals surface area (Å²) >= 11 is 0. The van der Waals surface area contributed by atoms with Crippen molar-refractivity contribution < 1.29 is 37.4 Å². The van der Waals surface area contributed by atoms with Gasteiger partial charge in [-0.15, -0.1) is 0 Å². The number of halogens is 2. The zero-order valence-electron chi connectivity index (χ0n) is 25.6. The van der Waals surface area contributed by atoms with E-state index in [-0.39, 0.29) is 23.6 Å². The molecule has 0 radical (unpaired) electrons. The minimum absolute atomic E-state index is 0.165. The first-order valence-corrected chi connectivity index (χ1v) is 14.5. The molecule has 1 N–H and O–H groups in total. The molecule has 0 bridgehead atoms. The molecule has 2 amide bonds. The third-order valence-corrected chi connectivity index (χ3v) is 7.08.